The number of aliphatic hydroxyl groups excluding tert-OH is 1. The zero-order valence-corrected chi connectivity index (χ0v) is 12.5. The third-order valence-electron chi connectivity index (χ3n) is 4.85. The van der Waals surface area contributed by atoms with Gasteiger partial charge >= 0.3 is 0 Å². The van der Waals surface area contributed by atoms with E-state index in [1.165, 1.54) is 16.8 Å². The van der Waals surface area contributed by atoms with Crippen molar-refractivity contribution < 1.29 is 5.11 Å². The van der Waals surface area contributed by atoms with E-state index in [1.54, 1.807) is 0 Å². The number of piperazine rings is 1. The van der Waals surface area contributed by atoms with Gasteiger partial charge in [0.15, 0.2) is 0 Å². The van der Waals surface area contributed by atoms with Crippen LogP contribution in [0.1, 0.15) is 11.1 Å². The van der Waals surface area contributed by atoms with E-state index in [4.69, 9.17) is 0 Å². The van der Waals surface area contributed by atoms with Crippen LogP contribution in [-0.2, 0) is 0 Å². The van der Waals surface area contributed by atoms with Crippen molar-refractivity contribution in [3.63, 3.8) is 0 Å². The molecular formula is C16H25N3O. The van der Waals surface area contributed by atoms with E-state index in [1.807, 2.05) is 0 Å². The topological polar surface area (TPSA) is 38.7 Å². The highest BCUT2D eigenvalue weighted by Crippen LogP contribution is 2.24. The van der Waals surface area contributed by atoms with Gasteiger partial charge in [-0.1, -0.05) is 12.1 Å². The molecule has 1 aromatic rings. The van der Waals surface area contributed by atoms with E-state index >= 15 is 0 Å². The lowest BCUT2D eigenvalue weighted by Gasteiger charge is -2.40. The standard InChI is InChI=1S/C16H25N3O/c1-12-4-3-5-14(13(12)2)18-6-8-19(9-7-18)15-10-17-11-16(15)20/h3-5,15-17,20H,6-11H2,1-2H3. The second kappa shape index (κ2) is 5.72. The van der Waals surface area contributed by atoms with Crippen molar-refractivity contribution in [3.8, 4) is 0 Å². The fraction of sp³-hybridized carbons (Fsp3) is 0.625. The van der Waals surface area contributed by atoms with Gasteiger partial charge in [0.1, 0.15) is 0 Å². The molecule has 0 radical (unpaired) electrons. The quantitative estimate of drug-likeness (QED) is 0.836. The van der Waals surface area contributed by atoms with Crippen molar-refractivity contribution in [3.05, 3.63) is 29.3 Å². The van der Waals surface area contributed by atoms with E-state index in [0.717, 1.165) is 39.3 Å². The van der Waals surface area contributed by atoms with Gasteiger partial charge in [-0.3, -0.25) is 4.90 Å². The minimum absolute atomic E-state index is 0.206. The molecule has 2 saturated heterocycles. The maximum atomic E-state index is 9.99. The van der Waals surface area contributed by atoms with Crippen LogP contribution in [0, 0.1) is 13.8 Å². The van der Waals surface area contributed by atoms with Crippen LogP contribution in [0.4, 0.5) is 5.69 Å². The summed E-state index contributed by atoms with van der Waals surface area (Å²) in [4.78, 5) is 4.92. The zero-order valence-electron chi connectivity index (χ0n) is 12.5. The molecule has 2 heterocycles. The van der Waals surface area contributed by atoms with Gasteiger partial charge in [-0.2, -0.15) is 0 Å². The molecule has 0 bridgehead atoms. The first kappa shape index (κ1) is 13.9. The summed E-state index contributed by atoms with van der Waals surface area (Å²) < 4.78 is 0. The number of β-amino-alcohol motifs (C(OH)–C–C–N with tert-alkyl or cyclic N) is 1. The van der Waals surface area contributed by atoms with Gasteiger partial charge in [-0.25, -0.2) is 0 Å². The Labute approximate surface area is 121 Å². The summed E-state index contributed by atoms with van der Waals surface area (Å²) in [6.07, 6.45) is -0.206. The lowest BCUT2D eigenvalue weighted by atomic mass is 10.1. The van der Waals surface area contributed by atoms with Crippen molar-refractivity contribution in [2.45, 2.75) is 26.0 Å². The average Bonchev–Trinajstić information content (AvgIpc) is 2.88. The average molecular weight is 275 g/mol. The molecule has 110 valence electrons. The Balaban J connectivity index is 1.65. The van der Waals surface area contributed by atoms with Crippen LogP contribution in [0.3, 0.4) is 0 Å². The lowest BCUT2D eigenvalue weighted by Crippen LogP contribution is -2.53. The number of rotatable bonds is 2. The molecule has 2 atom stereocenters. The van der Waals surface area contributed by atoms with E-state index in [0.29, 0.717) is 6.04 Å². The van der Waals surface area contributed by atoms with Gasteiger partial charge in [-0.05, 0) is 31.0 Å². The summed E-state index contributed by atoms with van der Waals surface area (Å²) in [6, 6.07) is 6.85. The first-order valence-electron chi connectivity index (χ1n) is 7.61. The Hall–Kier alpha value is -1.10. The molecule has 4 nitrogen and oxygen atoms in total. The second-order valence-electron chi connectivity index (χ2n) is 6.03. The Bertz CT molecular complexity index is 469. The summed E-state index contributed by atoms with van der Waals surface area (Å²) in [5, 5.41) is 13.3. The zero-order chi connectivity index (χ0) is 14.1. The highest BCUT2D eigenvalue weighted by molar-refractivity contribution is 5.56. The number of nitrogens with one attached hydrogen (secondary N) is 1. The summed E-state index contributed by atoms with van der Waals surface area (Å²) in [7, 11) is 0. The summed E-state index contributed by atoms with van der Waals surface area (Å²) >= 11 is 0. The molecule has 0 aliphatic carbocycles. The maximum Gasteiger partial charge on any atom is 0.0831 e. The molecule has 1 aromatic carbocycles. The fourth-order valence-corrected chi connectivity index (χ4v) is 3.40. The Morgan fingerprint density at radius 1 is 1.10 bits per heavy atom. The molecule has 2 N–H and O–H groups in total. The summed E-state index contributed by atoms with van der Waals surface area (Å²) in [5.74, 6) is 0. The molecule has 2 aliphatic rings. The van der Waals surface area contributed by atoms with Crippen LogP contribution >= 0.6 is 0 Å². The summed E-state index contributed by atoms with van der Waals surface area (Å²) in [5.41, 5.74) is 4.12. The largest absolute Gasteiger partial charge is 0.390 e. The molecule has 0 aromatic heterocycles. The van der Waals surface area contributed by atoms with Crippen molar-refractivity contribution in [1.82, 2.24) is 10.2 Å². The number of hydrogen-bond donors (Lipinski definition) is 2. The first-order chi connectivity index (χ1) is 9.66. The SMILES string of the molecule is Cc1cccc(N2CCN(C3CNCC3O)CC2)c1C. The second-order valence-corrected chi connectivity index (χ2v) is 6.03. The van der Waals surface area contributed by atoms with Crippen molar-refractivity contribution in [2.24, 2.45) is 0 Å². The molecule has 0 saturated carbocycles. The molecule has 2 unspecified atom stereocenters. The van der Waals surface area contributed by atoms with Gasteiger partial charge < -0.3 is 15.3 Å². The third-order valence-corrected chi connectivity index (χ3v) is 4.85. The molecule has 0 spiro atoms. The number of anilines is 1. The van der Waals surface area contributed by atoms with Crippen LogP contribution in [0.15, 0.2) is 18.2 Å². The number of aryl methyl sites for hydroxylation is 1. The summed E-state index contributed by atoms with van der Waals surface area (Å²) in [6.45, 7) is 10.2. The van der Waals surface area contributed by atoms with E-state index in [-0.39, 0.29) is 6.10 Å². The normalized spacial score (nSPS) is 28.1. The monoisotopic (exact) mass is 275 g/mol. The smallest absolute Gasteiger partial charge is 0.0831 e. The maximum absolute atomic E-state index is 9.99. The van der Waals surface area contributed by atoms with E-state index in [2.05, 4.69) is 47.2 Å². The number of nitrogens with zero attached hydrogens (tertiary/aromatic N) is 2. The van der Waals surface area contributed by atoms with Crippen LogP contribution in [0.25, 0.3) is 0 Å². The van der Waals surface area contributed by atoms with Gasteiger partial charge in [0.25, 0.3) is 0 Å². The minimum atomic E-state index is -0.206. The Morgan fingerprint density at radius 3 is 2.50 bits per heavy atom. The number of hydrogen-bond acceptors (Lipinski definition) is 4. The van der Waals surface area contributed by atoms with E-state index in [9.17, 15) is 5.11 Å². The Kier molecular flexibility index (Phi) is 3.96. The molecule has 20 heavy (non-hydrogen) atoms. The number of aliphatic hydroxyl groups is 1. The van der Waals surface area contributed by atoms with Gasteiger partial charge in [0.05, 0.1) is 6.10 Å². The van der Waals surface area contributed by atoms with Gasteiger partial charge in [-0.15, -0.1) is 0 Å². The predicted octanol–water partition coefficient (Wildman–Crippen LogP) is 0.758. The molecule has 3 rings (SSSR count). The minimum Gasteiger partial charge on any atom is -0.390 e. The lowest BCUT2D eigenvalue weighted by molar-refractivity contribution is 0.0792. The molecule has 4 heteroatoms. The van der Waals surface area contributed by atoms with E-state index < -0.39 is 0 Å². The third kappa shape index (κ3) is 2.55. The van der Waals surface area contributed by atoms with Crippen molar-refractivity contribution in [1.29, 1.82) is 0 Å². The highest BCUT2D eigenvalue weighted by Gasteiger charge is 2.32. The van der Waals surface area contributed by atoms with Crippen LogP contribution in [0.2, 0.25) is 0 Å². The highest BCUT2D eigenvalue weighted by atomic mass is 16.3. The molecule has 0 amide bonds. The number of benzene rings is 1. The predicted molar refractivity (Wildman–Crippen MR) is 82.4 cm³/mol. The Morgan fingerprint density at radius 2 is 1.85 bits per heavy atom. The molecule has 2 aliphatic heterocycles. The van der Waals surface area contributed by atoms with Gasteiger partial charge in [0, 0.05) is 51.0 Å². The van der Waals surface area contributed by atoms with Crippen molar-refractivity contribution in [2.75, 3.05) is 44.2 Å². The van der Waals surface area contributed by atoms with Crippen LogP contribution in [-0.4, -0.2) is 61.4 Å². The molecule has 2 fully saturated rings. The first-order valence-corrected chi connectivity index (χ1v) is 7.61. The fourth-order valence-electron chi connectivity index (χ4n) is 3.40. The molecular weight excluding hydrogens is 250 g/mol. The van der Waals surface area contributed by atoms with Crippen molar-refractivity contribution >= 4 is 5.69 Å². The van der Waals surface area contributed by atoms with Gasteiger partial charge in [0.2, 0.25) is 0 Å². The van der Waals surface area contributed by atoms with Crippen LogP contribution in [0.5, 0.6) is 0 Å². The van der Waals surface area contributed by atoms with Crippen LogP contribution < -0.4 is 10.2 Å².